The van der Waals surface area contributed by atoms with E-state index >= 15 is 0 Å². The van der Waals surface area contributed by atoms with Crippen molar-refractivity contribution >= 4 is 0 Å². The Labute approximate surface area is 100 Å². The molecule has 0 heterocycles. The summed E-state index contributed by atoms with van der Waals surface area (Å²) < 4.78 is 0. The Morgan fingerprint density at radius 1 is 1.62 bits per heavy atom. The molecule has 0 saturated carbocycles. The van der Waals surface area contributed by atoms with E-state index in [1.165, 1.54) is 11.1 Å². The van der Waals surface area contributed by atoms with Gasteiger partial charge in [0.15, 0.2) is 0 Å². The van der Waals surface area contributed by atoms with Gasteiger partial charge in [-0.15, -0.1) is 0 Å². The van der Waals surface area contributed by atoms with Crippen molar-refractivity contribution in [3.63, 3.8) is 0 Å². The SMILES string of the molecule is C=C(CC(CC)CO)[C@H]1CC=C(C)C1(C)C. The van der Waals surface area contributed by atoms with E-state index in [0.29, 0.717) is 11.8 Å². The standard InChI is InChI=1S/C15H26O/c1-6-13(10-16)9-11(2)14-8-7-12(3)15(14,4)5/h7,13-14,16H,2,6,8-10H2,1,3-5H3/t13?,14-/m1/s1. The molecule has 1 rings (SSSR count). The molecule has 0 saturated heterocycles. The first kappa shape index (κ1) is 13.5. The summed E-state index contributed by atoms with van der Waals surface area (Å²) in [4.78, 5) is 0. The van der Waals surface area contributed by atoms with Crippen molar-refractivity contribution in [3.05, 3.63) is 23.8 Å². The maximum Gasteiger partial charge on any atom is 0.0462 e. The topological polar surface area (TPSA) is 20.2 Å². The Kier molecular flexibility index (Phi) is 4.37. The van der Waals surface area contributed by atoms with Gasteiger partial charge in [0.1, 0.15) is 0 Å². The smallest absolute Gasteiger partial charge is 0.0462 e. The lowest BCUT2D eigenvalue weighted by Gasteiger charge is -2.32. The van der Waals surface area contributed by atoms with Crippen LogP contribution in [0.1, 0.15) is 47.0 Å². The summed E-state index contributed by atoms with van der Waals surface area (Å²) >= 11 is 0. The fourth-order valence-corrected chi connectivity index (χ4v) is 2.66. The predicted octanol–water partition coefficient (Wildman–Crippen LogP) is 3.94. The van der Waals surface area contributed by atoms with Gasteiger partial charge in [-0.2, -0.15) is 0 Å². The Bertz CT molecular complexity index is 282. The molecule has 1 unspecified atom stereocenters. The van der Waals surface area contributed by atoms with Gasteiger partial charge in [-0.3, -0.25) is 0 Å². The summed E-state index contributed by atoms with van der Waals surface area (Å²) in [6.07, 6.45) is 5.48. The van der Waals surface area contributed by atoms with E-state index in [0.717, 1.165) is 19.3 Å². The molecule has 0 bridgehead atoms. The van der Waals surface area contributed by atoms with Crippen LogP contribution in [0.3, 0.4) is 0 Å². The van der Waals surface area contributed by atoms with Gasteiger partial charge in [0.25, 0.3) is 0 Å². The Morgan fingerprint density at radius 3 is 2.62 bits per heavy atom. The molecule has 0 radical (unpaired) electrons. The van der Waals surface area contributed by atoms with Crippen LogP contribution in [-0.2, 0) is 0 Å². The number of hydrogen-bond donors (Lipinski definition) is 1. The lowest BCUT2D eigenvalue weighted by molar-refractivity contribution is 0.214. The van der Waals surface area contributed by atoms with Gasteiger partial charge in [-0.05, 0) is 37.0 Å². The molecule has 0 aromatic carbocycles. The van der Waals surface area contributed by atoms with Gasteiger partial charge in [-0.1, -0.05) is 51.0 Å². The zero-order valence-corrected chi connectivity index (χ0v) is 11.2. The Hall–Kier alpha value is -0.560. The van der Waals surface area contributed by atoms with E-state index in [-0.39, 0.29) is 12.0 Å². The Balaban J connectivity index is 2.63. The number of aliphatic hydroxyl groups is 1. The van der Waals surface area contributed by atoms with Crippen molar-refractivity contribution in [2.75, 3.05) is 6.61 Å². The van der Waals surface area contributed by atoms with Gasteiger partial charge in [0, 0.05) is 6.61 Å². The average molecular weight is 222 g/mol. The van der Waals surface area contributed by atoms with Crippen molar-refractivity contribution < 1.29 is 5.11 Å². The highest BCUT2D eigenvalue weighted by molar-refractivity contribution is 5.25. The molecule has 92 valence electrons. The van der Waals surface area contributed by atoms with Crippen molar-refractivity contribution in [2.24, 2.45) is 17.3 Å². The second-order valence-electron chi connectivity index (χ2n) is 5.72. The number of hydrogen-bond acceptors (Lipinski definition) is 1. The van der Waals surface area contributed by atoms with Crippen molar-refractivity contribution in [1.29, 1.82) is 0 Å². The molecular weight excluding hydrogens is 196 g/mol. The quantitative estimate of drug-likeness (QED) is 0.698. The Morgan fingerprint density at radius 2 is 2.25 bits per heavy atom. The summed E-state index contributed by atoms with van der Waals surface area (Å²) in [6, 6.07) is 0. The monoisotopic (exact) mass is 222 g/mol. The molecule has 0 aromatic heterocycles. The number of aliphatic hydroxyl groups excluding tert-OH is 1. The highest BCUT2D eigenvalue weighted by atomic mass is 16.3. The molecule has 1 nitrogen and oxygen atoms in total. The van der Waals surface area contributed by atoms with Gasteiger partial charge >= 0.3 is 0 Å². The maximum absolute atomic E-state index is 9.25. The summed E-state index contributed by atoms with van der Waals surface area (Å²) in [5, 5.41) is 9.25. The third-order valence-corrected chi connectivity index (χ3v) is 4.43. The molecule has 1 aliphatic carbocycles. The van der Waals surface area contributed by atoms with E-state index in [2.05, 4.69) is 40.3 Å². The van der Waals surface area contributed by atoms with Crippen LogP contribution < -0.4 is 0 Å². The van der Waals surface area contributed by atoms with Crippen molar-refractivity contribution in [2.45, 2.75) is 47.0 Å². The third kappa shape index (κ3) is 2.57. The average Bonchev–Trinajstić information content (AvgIpc) is 2.50. The minimum Gasteiger partial charge on any atom is -0.396 e. The van der Waals surface area contributed by atoms with E-state index in [1.807, 2.05) is 0 Å². The lowest BCUT2D eigenvalue weighted by Crippen LogP contribution is -2.23. The highest BCUT2D eigenvalue weighted by Crippen LogP contribution is 2.47. The van der Waals surface area contributed by atoms with Crippen LogP contribution in [0.4, 0.5) is 0 Å². The van der Waals surface area contributed by atoms with Gasteiger partial charge in [0.05, 0.1) is 0 Å². The van der Waals surface area contributed by atoms with Gasteiger partial charge in [-0.25, -0.2) is 0 Å². The predicted molar refractivity (Wildman–Crippen MR) is 70.3 cm³/mol. The molecule has 2 atom stereocenters. The molecule has 0 fully saturated rings. The zero-order valence-electron chi connectivity index (χ0n) is 11.2. The summed E-state index contributed by atoms with van der Waals surface area (Å²) in [7, 11) is 0. The molecule has 0 aromatic rings. The highest BCUT2D eigenvalue weighted by Gasteiger charge is 2.36. The first-order chi connectivity index (χ1) is 7.43. The molecule has 0 aliphatic heterocycles. The van der Waals surface area contributed by atoms with Crippen LogP contribution in [0.2, 0.25) is 0 Å². The first-order valence-corrected chi connectivity index (χ1v) is 6.39. The molecule has 1 heteroatoms. The summed E-state index contributed by atoms with van der Waals surface area (Å²) in [5.74, 6) is 0.956. The molecule has 1 aliphatic rings. The van der Waals surface area contributed by atoms with Crippen LogP contribution in [-0.4, -0.2) is 11.7 Å². The van der Waals surface area contributed by atoms with Crippen molar-refractivity contribution in [1.82, 2.24) is 0 Å². The first-order valence-electron chi connectivity index (χ1n) is 6.39. The zero-order chi connectivity index (χ0) is 12.3. The van der Waals surface area contributed by atoms with Crippen LogP contribution >= 0.6 is 0 Å². The van der Waals surface area contributed by atoms with E-state index in [1.54, 1.807) is 0 Å². The van der Waals surface area contributed by atoms with E-state index in [4.69, 9.17) is 0 Å². The minimum absolute atomic E-state index is 0.255. The lowest BCUT2D eigenvalue weighted by atomic mass is 9.72. The molecular formula is C15H26O. The van der Waals surface area contributed by atoms with Gasteiger partial charge < -0.3 is 5.11 Å². The molecule has 0 spiro atoms. The van der Waals surface area contributed by atoms with Crippen LogP contribution in [0.15, 0.2) is 23.8 Å². The minimum atomic E-state index is 0.255. The normalized spacial score (nSPS) is 25.3. The van der Waals surface area contributed by atoms with Gasteiger partial charge in [0.2, 0.25) is 0 Å². The van der Waals surface area contributed by atoms with Crippen LogP contribution in [0.25, 0.3) is 0 Å². The van der Waals surface area contributed by atoms with E-state index < -0.39 is 0 Å². The largest absolute Gasteiger partial charge is 0.396 e. The van der Waals surface area contributed by atoms with Crippen molar-refractivity contribution in [3.8, 4) is 0 Å². The molecule has 0 amide bonds. The van der Waals surface area contributed by atoms with Crippen LogP contribution in [0, 0.1) is 17.3 Å². The summed E-state index contributed by atoms with van der Waals surface area (Å²) in [6.45, 7) is 13.5. The fourth-order valence-electron chi connectivity index (χ4n) is 2.66. The maximum atomic E-state index is 9.25. The van der Waals surface area contributed by atoms with E-state index in [9.17, 15) is 5.11 Å². The fraction of sp³-hybridized carbons (Fsp3) is 0.733. The van der Waals surface area contributed by atoms with Crippen LogP contribution in [0.5, 0.6) is 0 Å². The number of rotatable bonds is 5. The number of allylic oxidation sites excluding steroid dienone is 3. The second kappa shape index (κ2) is 5.18. The third-order valence-electron chi connectivity index (χ3n) is 4.43. The summed E-state index contributed by atoms with van der Waals surface area (Å²) in [5.41, 5.74) is 3.06. The molecule has 16 heavy (non-hydrogen) atoms. The molecule has 1 N–H and O–H groups in total. The second-order valence-corrected chi connectivity index (χ2v) is 5.72.